The van der Waals surface area contributed by atoms with Crippen LogP contribution < -0.4 is 9.47 Å². The molecular formula is C17H16ClFO3S. The van der Waals surface area contributed by atoms with Gasteiger partial charge in [-0.3, -0.25) is 0 Å². The Morgan fingerprint density at radius 2 is 2.04 bits per heavy atom. The molecule has 6 heteroatoms. The van der Waals surface area contributed by atoms with Gasteiger partial charge in [0.05, 0.1) is 13.2 Å². The van der Waals surface area contributed by atoms with Gasteiger partial charge < -0.3 is 14.2 Å². The van der Waals surface area contributed by atoms with Gasteiger partial charge in [-0.25, -0.2) is 4.39 Å². The zero-order chi connectivity index (χ0) is 16.1. The summed E-state index contributed by atoms with van der Waals surface area (Å²) < 4.78 is 29.2. The largest absolute Gasteiger partial charge is 0.493 e. The molecule has 0 saturated heterocycles. The first-order valence-electron chi connectivity index (χ1n) is 7.20. The predicted molar refractivity (Wildman–Crippen MR) is 89.8 cm³/mol. The second kappa shape index (κ2) is 7.90. The van der Waals surface area contributed by atoms with Crippen LogP contribution in [0.5, 0.6) is 11.5 Å². The number of halogens is 2. The van der Waals surface area contributed by atoms with Crippen LogP contribution in [-0.4, -0.2) is 19.2 Å². The van der Waals surface area contributed by atoms with Gasteiger partial charge >= 0.3 is 0 Å². The van der Waals surface area contributed by atoms with Crippen molar-refractivity contribution in [3.63, 3.8) is 0 Å². The first kappa shape index (κ1) is 16.4. The van der Waals surface area contributed by atoms with Crippen molar-refractivity contribution in [2.45, 2.75) is 12.4 Å². The van der Waals surface area contributed by atoms with Gasteiger partial charge in [0.2, 0.25) is 0 Å². The Morgan fingerprint density at radius 1 is 1.22 bits per heavy atom. The van der Waals surface area contributed by atoms with E-state index in [1.54, 1.807) is 23.9 Å². The minimum Gasteiger partial charge on any atom is -0.493 e. The van der Waals surface area contributed by atoms with Crippen molar-refractivity contribution in [2.75, 3.05) is 19.2 Å². The summed E-state index contributed by atoms with van der Waals surface area (Å²) in [4.78, 5) is 0. The quantitative estimate of drug-likeness (QED) is 0.705. The van der Waals surface area contributed by atoms with E-state index in [0.29, 0.717) is 24.0 Å². The van der Waals surface area contributed by atoms with Gasteiger partial charge in [0.25, 0.3) is 0 Å². The minimum atomic E-state index is -0.263. The van der Waals surface area contributed by atoms with Crippen LogP contribution in [0.25, 0.3) is 0 Å². The molecule has 122 valence electrons. The zero-order valence-electron chi connectivity index (χ0n) is 12.4. The van der Waals surface area contributed by atoms with Gasteiger partial charge in [0.15, 0.2) is 6.79 Å². The van der Waals surface area contributed by atoms with Crippen LogP contribution in [0.3, 0.4) is 0 Å². The lowest BCUT2D eigenvalue weighted by molar-refractivity contribution is -0.0168. The van der Waals surface area contributed by atoms with E-state index >= 15 is 0 Å². The van der Waals surface area contributed by atoms with Crippen molar-refractivity contribution >= 4 is 23.4 Å². The van der Waals surface area contributed by atoms with Crippen LogP contribution in [-0.2, 0) is 17.1 Å². The molecule has 0 atom stereocenters. The maximum atomic E-state index is 12.8. The molecule has 2 aromatic rings. The number of hydrogen-bond acceptors (Lipinski definition) is 4. The molecule has 0 N–H and O–H groups in total. The first-order valence-corrected chi connectivity index (χ1v) is 8.73. The Kier molecular flexibility index (Phi) is 5.65. The van der Waals surface area contributed by atoms with E-state index in [-0.39, 0.29) is 12.6 Å². The van der Waals surface area contributed by atoms with E-state index < -0.39 is 0 Å². The third-order valence-electron chi connectivity index (χ3n) is 3.32. The number of thioether (sulfide) groups is 1. The molecule has 0 radical (unpaired) electrons. The van der Waals surface area contributed by atoms with Crippen molar-refractivity contribution in [1.82, 2.24) is 0 Å². The van der Waals surface area contributed by atoms with Crippen LogP contribution in [0.15, 0.2) is 36.4 Å². The third-order valence-corrected chi connectivity index (χ3v) is 4.51. The number of rotatable bonds is 6. The summed E-state index contributed by atoms with van der Waals surface area (Å²) >= 11 is 7.87. The summed E-state index contributed by atoms with van der Waals surface area (Å²) in [5.74, 6) is 2.90. The van der Waals surface area contributed by atoms with E-state index in [1.807, 2.05) is 12.1 Å². The van der Waals surface area contributed by atoms with E-state index in [1.165, 1.54) is 12.1 Å². The van der Waals surface area contributed by atoms with Crippen LogP contribution in [0, 0.1) is 5.82 Å². The fraction of sp³-hybridized carbons (Fsp3) is 0.294. The van der Waals surface area contributed by atoms with Crippen molar-refractivity contribution in [3.05, 3.63) is 58.4 Å². The van der Waals surface area contributed by atoms with Crippen LogP contribution in [0.1, 0.15) is 11.1 Å². The van der Waals surface area contributed by atoms with Gasteiger partial charge in [0.1, 0.15) is 17.3 Å². The normalized spacial score (nSPS) is 13.3. The summed E-state index contributed by atoms with van der Waals surface area (Å²) in [7, 11) is 0. The maximum Gasteiger partial charge on any atom is 0.189 e. The molecule has 0 bridgehead atoms. The second-order valence-electron chi connectivity index (χ2n) is 5.02. The fourth-order valence-electron chi connectivity index (χ4n) is 2.30. The summed E-state index contributed by atoms with van der Waals surface area (Å²) in [6, 6.07) is 9.84. The van der Waals surface area contributed by atoms with E-state index in [4.69, 9.17) is 25.8 Å². The van der Waals surface area contributed by atoms with Crippen molar-refractivity contribution in [1.29, 1.82) is 0 Å². The molecule has 0 aromatic heterocycles. The fourth-order valence-corrected chi connectivity index (χ4v) is 3.34. The highest BCUT2D eigenvalue weighted by atomic mass is 35.5. The zero-order valence-corrected chi connectivity index (χ0v) is 14.0. The molecule has 0 saturated carbocycles. The van der Waals surface area contributed by atoms with Crippen molar-refractivity contribution in [3.8, 4) is 11.5 Å². The Bertz CT molecular complexity index is 664. The highest BCUT2D eigenvalue weighted by Crippen LogP contribution is 2.33. The summed E-state index contributed by atoms with van der Waals surface area (Å²) in [6.45, 7) is 1.37. The lowest BCUT2D eigenvalue weighted by atomic mass is 10.1. The molecule has 0 fully saturated rings. The van der Waals surface area contributed by atoms with Crippen LogP contribution in [0.4, 0.5) is 4.39 Å². The average molecular weight is 355 g/mol. The Hall–Kier alpha value is -1.43. The lowest BCUT2D eigenvalue weighted by Crippen LogP contribution is -2.13. The molecule has 0 amide bonds. The molecule has 0 spiro atoms. The van der Waals surface area contributed by atoms with Gasteiger partial charge in [-0.15, -0.1) is 0 Å². The Balaban J connectivity index is 1.49. The standard InChI is InChI=1S/C17H16ClFO3S/c18-14-7-12-9-20-11-22-17(12)13(8-14)10-23-6-5-21-16-3-1-15(19)2-4-16/h1-4,7-8H,5-6,9-11H2. The summed E-state index contributed by atoms with van der Waals surface area (Å²) in [6.07, 6.45) is 0. The summed E-state index contributed by atoms with van der Waals surface area (Å²) in [5.41, 5.74) is 2.06. The Labute approximate surface area is 143 Å². The topological polar surface area (TPSA) is 27.7 Å². The maximum absolute atomic E-state index is 12.8. The third kappa shape index (κ3) is 4.53. The monoisotopic (exact) mass is 354 g/mol. The van der Waals surface area contributed by atoms with Crippen LogP contribution in [0.2, 0.25) is 5.02 Å². The Morgan fingerprint density at radius 3 is 2.87 bits per heavy atom. The molecule has 3 rings (SSSR count). The number of ether oxygens (including phenoxy) is 3. The van der Waals surface area contributed by atoms with Gasteiger partial charge in [-0.2, -0.15) is 11.8 Å². The minimum absolute atomic E-state index is 0.263. The number of benzene rings is 2. The average Bonchev–Trinajstić information content (AvgIpc) is 2.56. The smallest absolute Gasteiger partial charge is 0.189 e. The van der Waals surface area contributed by atoms with Gasteiger partial charge in [0, 0.05) is 27.7 Å². The lowest BCUT2D eigenvalue weighted by Gasteiger charge is -2.21. The van der Waals surface area contributed by atoms with Gasteiger partial charge in [-0.05, 0) is 36.4 Å². The molecule has 0 unspecified atom stereocenters. The number of fused-ring (bicyclic) bond motifs is 1. The van der Waals surface area contributed by atoms with E-state index in [9.17, 15) is 4.39 Å². The predicted octanol–water partition coefficient (Wildman–Crippen LogP) is 4.66. The van der Waals surface area contributed by atoms with Crippen molar-refractivity contribution in [2.24, 2.45) is 0 Å². The molecule has 3 nitrogen and oxygen atoms in total. The highest BCUT2D eigenvalue weighted by Gasteiger charge is 2.16. The molecule has 23 heavy (non-hydrogen) atoms. The van der Waals surface area contributed by atoms with Crippen molar-refractivity contribution < 1.29 is 18.6 Å². The number of hydrogen-bond donors (Lipinski definition) is 0. The molecular weight excluding hydrogens is 339 g/mol. The first-order chi connectivity index (χ1) is 11.2. The van der Waals surface area contributed by atoms with E-state index in [0.717, 1.165) is 28.4 Å². The van der Waals surface area contributed by atoms with E-state index in [2.05, 4.69) is 0 Å². The van der Waals surface area contributed by atoms with Crippen LogP contribution >= 0.6 is 23.4 Å². The molecule has 1 aliphatic rings. The SMILES string of the molecule is Fc1ccc(OCCSCc2cc(Cl)cc3c2OCOC3)cc1. The molecule has 2 aromatic carbocycles. The molecule has 0 aliphatic carbocycles. The molecule has 1 aliphatic heterocycles. The summed E-state index contributed by atoms with van der Waals surface area (Å²) in [5, 5.41) is 0.691. The molecule has 1 heterocycles. The second-order valence-corrected chi connectivity index (χ2v) is 6.56. The van der Waals surface area contributed by atoms with Gasteiger partial charge in [-0.1, -0.05) is 11.6 Å². The highest BCUT2D eigenvalue weighted by molar-refractivity contribution is 7.98.